The molecule has 0 spiro atoms. The van der Waals surface area contributed by atoms with Crippen molar-refractivity contribution in [3.8, 4) is 0 Å². The van der Waals surface area contributed by atoms with Gasteiger partial charge in [-0.15, -0.1) is 23.2 Å². The van der Waals surface area contributed by atoms with E-state index in [-0.39, 0.29) is 10.4 Å². The highest BCUT2D eigenvalue weighted by Gasteiger charge is 2.45. The first-order valence-electron chi connectivity index (χ1n) is 3.76. The van der Waals surface area contributed by atoms with Crippen molar-refractivity contribution >= 4 is 69.6 Å². The van der Waals surface area contributed by atoms with Crippen LogP contribution in [0.15, 0.2) is 10.6 Å². The summed E-state index contributed by atoms with van der Waals surface area (Å²) in [5.41, 5.74) is -0.644. The van der Waals surface area contributed by atoms with Crippen LogP contribution in [-0.2, 0) is 0 Å². The molecular weight excluding hydrogens is 309 g/mol. The Kier molecular flexibility index (Phi) is 6.31. The van der Waals surface area contributed by atoms with Crippen LogP contribution in [-0.4, -0.2) is 15.6 Å². The summed E-state index contributed by atoms with van der Waals surface area (Å²) in [6.45, 7) is 3.58. The second kappa shape index (κ2) is 5.70. The first-order chi connectivity index (χ1) is 6.15. The molecule has 14 heavy (non-hydrogen) atoms. The Balaban J connectivity index is 4.86. The molecule has 0 N–H and O–H groups in total. The first kappa shape index (κ1) is 15.5. The lowest BCUT2D eigenvalue weighted by molar-refractivity contribution is 0.342. The number of hydrogen-bond acceptors (Lipinski definition) is 0. The van der Waals surface area contributed by atoms with Crippen molar-refractivity contribution in [2.24, 2.45) is 5.41 Å². The van der Waals surface area contributed by atoms with E-state index in [1.54, 1.807) is 13.8 Å². The van der Waals surface area contributed by atoms with Crippen LogP contribution in [0.2, 0.25) is 0 Å². The quantitative estimate of drug-likeness (QED) is 0.613. The maximum Gasteiger partial charge on any atom is 0.138 e. The number of hydrogen-bond donors (Lipinski definition) is 0. The summed E-state index contributed by atoms with van der Waals surface area (Å²) in [6.07, 6.45) is 1.47. The van der Waals surface area contributed by atoms with E-state index < -0.39 is 15.1 Å². The standard InChI is InChI=1S/C8H10Cl6/c1-7(2,8(13,14)4-9)5(10)3-6(11)12/h3,5H,4H2,1-2H3. The predicted octanol–water partition coefficient (Wildman–Crippen LogP) is 5.35. The Morgan fingerprint density at radius 3 is 2.00 bits per heavy atom. The summed E-state index contributed by atoms with van der Waals surface area (Å²) in [5, 5.41) is -0.499. The normalized spacial score (nSPS) is 15.1. The van der Waals surface area contributed by atoms with Gasteiger partial charge in [-0.1, -0.05) is 60.3 Å². The van der Waals surface area contributed by atoms with Gasteiger partial charge < -0.3 is 0 Å². The highest BCUT2D eigenvalue weighted by Crippen LogP contribution is 2.46. The summed E-state index contributed by atoms with van der Waals surface area (Å²) in [5.74, 6) is 0.0695. The number of halogens is 6. The third-order valence-corrected chi connectivity index (χ3v) is 4.91. The minimum Gasteiger partial charge on any atom is -0.123 e. The van der Waals surface area contributed by atoms with Gasteiger partial charge in [0.1, 0.15) is 8.82 Å². The fraction of sp³-hybridized carbons (Fsp3) is 0.750. The minimum absolute atomic E-state index is 0.0695. The van der Waals surface area contributed by atoms with Gasteiger partial charge in [0.05, 0.1) is 11.3 Å². The summed E-state index contributed by atoms with van der Waals surface area (Å²) in [4.78, 5) is 0. The number of allylic oxidation sites excluding steroid dienone is 1. The smallest absolute Gasteiger partial charge is 0.123 e. The lowest BCUT2D eigenvalue weighted by Gasteiger charge is -2.38. The molecule has 0 saturated carbocycles. The molecule has 0 rings (SSSR count). The van der Waals surface area contributed by atoms with Crippen molar-refractivity contribution in [3.05, 3.63) is 10.6 Å². The predicted molar refractivity (Wildman–Crippen MR) is 68.4 cm³/mol. The average molecular weight is 319 g/mol. The van der Waals surface area contributed by atoms with Crippen LogP contribution in [0.1, 0.15) is 13.8 Å². The monoisotopic (exact) mass is 316 g/mol. The van der Waals surface area contributed by atoms with Gasteiger partial charge in [-0.05, 0) is 6.08 Å². The van der Waals surface area contributed by atoms with E-state index in [2.05, 4.69) is 0 Å². The highest BCUT2D eigenvalue weighted by molar-refractivity contribution is 6.56. The Morgan fingerprint density at radius 1 is 1.29 bits per heavy atom. The minimum atomic E-state index is -1.14. The topological polar surface area (TPSA) is 0 Å². The van der Waals surface area contributed by atoms with Crippen molar-refractivity contribution < 1.29 is 0 Å². The van der Waals surface area contributed by atoms with E-state index >= 15 is 0 Å². The molecule has 1 atom stereocenters. The Morgan fingerprint density at radius 2 is 1.71 bits per heavy atom. The lowest BCUT2D eigenvalue weighted by atomic mass is 9.85. The Hall–Kier alpha value is 1.48. The summed E-state index contributed by atoms with van der Waals surface area (Å²) >= 11 is 34.7. The zero-order chi connectivity index (χ0) is 11.6. The van der Waals surface area contributed by atoms with E-state index in [1.807, 2.05) is 0 Å². The molecule has 0 aliphatic heterocycles. The Bertz CT molecular complexity index is 216. The molecule has 0 amide bonds. The van der Waals surface area contributed by atoms with Crippen LogP contribution in [0, 0.1) is 5.41 Å². The van der Waals surface area contributed by atoms with Gasteiger partial charge in [0.25, 0.3) is 0 Å². The Labute approximate surface area is 114 Å². The molecule has 0 aromatic rings. The molecule has 0 bridgehead atoms. The molecule has 0 aromatic heterocycles. The maximum absolute atomic E-state index is 6.06. The molecule has 0 heterocycles. The van der Waals surface area contributed by atoms with E-state index in [9.17, 15) is 0 Å². The van der Waals surface area contributed by atoms with Gasteiger partial charge in [0.15, 0.2) is 0 Å². The zero-order valence-electron chi connectivity index (χ0n) is 7.63. The fourth-order valence-electron chi connectivity index (χ4n) is 0.693. The summed E-state index contributed by atoms with van der Waals surface area (Å²) in [6, 6.07) is 0. The molecule has 0 fully saturated rings. The molecule has 0 saturated heterocycles. The number of alkyl halides is 4. The van der Waals surface area contributed by atoms with Gasteiger partial charge >= 0.3 is 0 Å². The molecule has 0 nitrogen and oxygen atoms in total. The molecule has 0 aromatic carbocycles. The van der Waals surface area contributed by atoms with Gasteiger partial charge in [0, 0.05) is 5.41 Å². The lowest BCUT2D eigenvalue weighted by Crippen LogP contribution is -2.42. The van der Waals surface area contributed by atoms with Gasteiger partial charge in [-0.2, -0.15) is 0 Å². The zero-order valence-corrected chi connectivity index (χ0v) is 12.2. The van der Waals surface area contributed by atoms with Crippen LogP contribution >= 0.6 is 69.6 Å². The summed E-state index contributed by atoms with van der Waals surface area (Å²) < 4.78 is -1.06. The van der Waals surface area contributed by atoms with Crippen LogP contribution in [0.5, 0.6) is 0 Å². The first-order valence-corrected chi connectivity index (χ1v) is 6.24. The van der Waals surface area contributed by atoms with Crippen molar-refractivity contribution in [1.29, 1.82) is 0 Å². The van der Waals surface area contributed by atoms with Gasteiger partial charge in [0.2, 0.25) is 0 Å². The second-order valence-electron chi connectivity index (χ2n) is 3.42. The van der Waals surface area contributed by atoms with Crippen molar-refractivity contribution in [3.63, 3.8) is 0 Å². The molecule has 6 heteroatoms. The summed E-state index contributed by atoms with van der Waals surface area (Å²) in [7, 11) is 0. The van der Waals surface area contributed by atoms with Crippen molar-refractivity contribution in [2.45, 2.75) is 23.6 Å². The van der Waals surface area contributed by atoms with Crippen LogP contribution < -0.4 is 0 Å². The van der Waals surface area contributed by atoms with Crippen LogP contribution in [0.4, 0.5) is 0 Å². The van der Waals surface area contributed by atoms with E-state index in [0.29, 0.717) is 0 Å². The van der Waals surface area contributed by atoms with Gasteiger partial charge in [-0.3, -0.25) is 0 Å². The molecule has 0 aliphatic rings. The molecular formula is C8H10Cl6. The van der Waals surface area contributed by atoms with Gasteiger partial charge in [-0.25, -0.2) is 0 Å². The van der Waals surface area contributed by atoms with Crippen molar-refractivity contribution in [2.75, 3.05) is 5.88 Å². The second-order valence-corrected chi connectivity index (χ2v) is 6.65. The van der Waals surface area contributed by atoms with Crippen LogP contribution in [0.3, 0.4) is 0 Å². The molecule has 0 aliphatic carbocycles. The third kappa shape index (κ3) is 3.81. The fourth-order valence-corrected chi connectivity index (χ4v) is 2.08. The van der Waals surface area contributed by atoms with E-state index in [4.69, 9.17) is 69.6 Å². The molecule has 1 unspecified atom stereocenters. The highest BCUT2D eigenvalue weighted by atomic mass is 35.5. The SMILES string of the molecule is CC(C)(C(Cl)C=C(Cl)Cl)C(Cl)(Cl)CCl. The third-order valence-electron chi connectivity index (χ3n) is 2.07. The maximum atomic E-state index is 6.06. The molecule has 84 valence electrons. The molecule has 0 radical (unpaired) electrons. The van der Waals surface area contributed by atoms with E-state index in [1.165, 1.54) is 6.08 Å². The van der Waals surface area contributed by atoms with Crippen molar-refractivity contribution in [1.82, 2.24) is 0 Å². The van der Waals surface area contributed by atoms with Crippen LogP contribution in [0.25, 0.3) is 0 Å². The largest absolute Gasteiger partial charge is 0.138 e. The number of rotatable bonds is 4. The average Bonchev–Trinajstić information content (AvgIpc) is 2.02. The van der Waals surface area contributed by atoms with E-state index in [0.717, 1.165) is 0 Å².